The van der Waals surface area contributed by atoms with Crippen molar-refractivity contribution in [1.29, 1.82) is 0 Å². The van der Waals surface area contributed by atoms with E-state index in [4.69, 9.17) is 16.3 Å². The summed E-state index contributed by atoms with van der Waals surface area (Å²) in [4.78, 5) is 16.2. The summed E-state index contributed by atoms with van der Waals surface area (Å²) in [5.74, 6) is -0.466. The zero-order valence-corrected chi connectivity index (χ0v) is 14.4. The number of carbonyl (C=O) groups is 1. The lowest BCUT2D eigenvalue weighted by Gasteiger charge is -2.10. The van der Waals surface area contributed by atoms with Crippen molar-refractivity contribution in [2.24, 2.45) is 0 Å². The Morgan fingerprint density at radius 3 is 2.79 bits per heavy atom. The molecular weight excluding hydrogens is 342 g/mol. The van der Waals surface area contributed by atoms with Crippen LogP contribution in [0.5, 0.6) is 0 Å². The molecule has 0 radical (unpaired) electrons. The Hall–Kier alpha value is -1.80. The molecule has 2 aromatic heterocycles. The first-order chi connectivity index (χ1) is 11.2. The quantitative estimate of drug-likeness (QED) is 0.609. The lowest BCUT2D eigenvalue weighted by atomic mass is 10.3. The van der Waals surface area contributed by atoms with Crippen molar-refractivity contribution in [2.75, 3.05) is 13.2 Å². The van der Waals surface area contributed by atoms with Gasteiger partial charge in [0.05, 0.1) is 6.10 Å². The maximum absolute atomic E-state index is 13.5. The Kier molecular flexibility index (Phi) is 5.71. The second-order valence-electron chi connectivity index (χ2n) is 5.61. The third-order valence-corrected chi connectivity index (χ3v) is 3.33. The van der Waals surface area contributed by atoms with Crippen molar-refractivity contribution in [3.8, 4) is 0 Å². The number of halogens is 3. The van der Waals surface area contributed by atoms with Gasteiger partial charge in [0.2, 0.25) is 0 Å². The molecule has 2 aromatic rings. The summed E-state index contributed by atoms with van der Waals surface area (Å²) in [5, 5.41) is 2.95. The second-order valence-corrected chi connectivity index (χ2v) is 6.08. The van der Waals surface area contributed by atoms with Crippen LogP contribution in [0.1, 0.15) is 42.1 Å². The number of alkyl halides is 3. The van der Waals surface area contributed by atoms with Crippen LogP contribution in [0.15, 0.2) is 12.1 Å². The molecule has 132 valence electrons. The summed E-state index contributed by atoms with van der Waals surface area (Å²) in [5.41, 5.74) is -0.0368. The number of hydrogen-bond acceptors (Lipinski definition) is 4. The van der Waals surface area contributed by atoms with Gasteiger partial charge < -0.3 is 10.1 Å². The van der Waals surface area contributed by atoms with E-state index in [2.05, 4.69) is 15.4 Å². The number of hydrogen-bond donors (Lipinski definition) is 1. The average Bonchev–Trinajstić information content (AvgIpc) is 2.88. The van der Waals surface area contributed by atoms with E-state index in [1.165, 1.54) is 6.07 Å². The Morgan fingerprint density at radius 1 is 1.46 bits per heavy atom. The minimum absolute atomic E-state index is 0.0000413. The molecule has 6 nitrogen and oxygen atoms in total. The Morgan fingerprint density at radius 2 is 2.17 bits per heavy atom. The molecule has 0 bridgehead atoms. The monoisotopic (exact) mass is 360 g/mol. The van der Waals surface area contributed by atoms with Gasteiger partial charge in [-0.05, 0) is 44.9 Å². The van der Waals surface area contributed by atoms with Gasteiger partial charge in [0, 0.05) is 24.9 Å². The van der Waals surface area contributed by atoms with Crippen molar-refractivity contribution in [3.63, 3.8) is 0 Å². The van der Waals surface area contributed by atoms with Gasteiger partial charge in [0.15, 0.2) is 11.3 Å². The third kappa shape index (κ3) is 4.61. The summed E-state index contributed by atoms with van der Waals surface area (Å²) in [7, 11) is 0. The summed E-state index contributed by atoms with van der Waals surface area (Å²) in [6, 6.07) is 2.48. The Labute approximate surface area is 143 Å². The standard InChI is InChI=1S/C15H19ClF2N4O2/c1-9(2)24-6-4-5-19-14(23)11-8-13-20-10(3)7-12(15(16,17)18)22(13)21-11/h7-9H,4-6H2,1-3H3,(H,19,23). The highest BCUT2D eigenvalue weighted by Gasteiger charge is 2.32. The molecule has 0 aromatic carbocycles. The second kappa shape index (κ2) is 7.40. The Balaban J connectivity index is 2.11. The molecule has 0 atom stereocenters. The Bertz CT molecular complexity index is 728. The first-order valence-corrected chi connectivity index (χ1v) is 7.90. The van der Waals surface area contributed by atoms with Crippen molar-refractivity contribution < 1.29 is 18.3 Å². The number of aromatic nitrogens is 3. The highest BCUT2D eigenvalue weighted by molar-refractivity contribution is 6.21. The van der Waals surface area contributed by atoms with Crippen LogP contribution in [-0.4, -0.2) is 39.8 Å². The average molecular weight is 361 g/mol. The summed E-state index contributed by atoms with van der Waals surface area (Å²) in [6.45, 7) is 6.33. The van der Waals surface area contributed by atoms with Crippen LogP contribution in [0.25, 0.3) is 5.65 Å². The first-order valence-electron chi connectivity index (χ1n) is 7.53. The van der Waals surface area contributed by atoms with Gasteiger partial charge in [0.1, 0.15) is 5.69 Å². The number of nitrogens with zero attached hydrogens (tertiary/aromatic N) is 3. The molecule has 0 spiro atoms. The lowest BCUT2D eigenvalue weighted by Crippen LogP contribution is -2.26. The molecule has 9 heteroatoms. The fourth-order valence-electron chi connectivity index (χ4n) is 2.10. The maximum atomic E-state index is 13.5. The predicted octanol–water partition coefficient (Wildman–Crippen LogP) is 2.87. The molecule has 2 heterocycles. The number of carbonyl (C=O) groups excluding carboxylic acids is 1. The van der Waals surface area contributed by atoms with Gasteiger partial charge >= 0.3 is 5.38 Å². The van der Waals surface area contributed by atoms with Gasteiger partial charge in [-0.1, -0.05) is 0 Å². The molecule has 1 N–H and O–H groups in total. The van der Waals surface area contributed by atoms with Gasteiger partial charge in [-0.2, -0.15) is 13.9 Å². The minimum Gasteiger partial charge on any atom is -0.379 e. The minimum atomic E-state index is -3.61. The highest BCUT2D eigenvalue weighted by Crippen LogP contribution is 2.32. The molecule has 0 aliphatic heterocycles. The van der Waals surface area contributed by atoms with E-state index < -0.39 is 17.0 Å². The van der Waals surface area contributed by atoms with E-state index in [0.29, 0.717) is 25.3 Å². The van der Waals surface area contributed by atoms with E-state index >= 15 is 0 Å². The van der Waals surface area contributed by atoms with Crippen LogP contribution >= 0.6 is 11.6 Å². The summed E-state index contributed by atoms with van der Waals surface area (Å²) >= 11 is 5.11. The topological polar surface area (TPSA) is 68.5 Å². The van der Waals surface area contributed by atoms with Crippen LogP contribution < -0.4 is 5.32 Å². The van der Waals surface area contributed by atoms with E-state index in [9.17, 15) is 13.6 Å². The normalized spacial score (nSPS) is 12.1. The predicted molar refractivity (Wildman–Crippen MR) is 85.5 cm³/mol. The molecule has 24 heavy (non-hydrogen) atoms. The molecule has 2 rings (SSSR count). The number of amides is 1. The van der Waals surface area contributed by atoms with Crippen molar-refractivity contribution in [3.05, 3.63) is 29.2 Å². The molecule has 0 aliphatic carbocycles. The van der Waals surface area contributed by atoms with Gasteiger partial charge in [-0.25, -0.2) is 9.50 Å². The van der Waals surface area contributed by atoms with Crippen LogP contribution in [0, 0.1) is 6.92 Å². The van der Waals surface area contributed by atoms with Crippen LogP contribution in [-0.2, 0) is 10.1 Å². The smallest absolute Gasteiger partial charge is 0.364 e. The van der Waals surface area contributed by atoms with Crippen LogP contribution in [0.2, 0.25) is 0 Å². The van der Waals surface area contributed by atoms with E-state index in [1.54, 1.807) is 6.92 Å². The first kappa shape index (κ1) is 18.5. The highest BCUT2D eigenvalue weighted by atomic mass is 35.5. The molecule has 1 amide bonds. The largest absolute Gasteiger partial charge is 0.379 e. The number of fused-ring (bicyclic) bond motifs is 1. The third-order valence-electron chi connectivity index (χ3n) is 3.14. The molecule has 0 fully saturated rings. The number of aryl methyl sites for hydroxylation is 1. The van der Waals surface area contributed by atoms with Gasteiger partial charge in [-0.3, -0.25) is 4.79 Å². The fraction of sp³-hybridized carbons (Fsp3) is 0.533. The van der Waals surface area contributed by atoms with Crippen molar-refractivity contribution >= 4 is 23.2 Å². The zero-order chi connectivity index (χ0) is 17.9. The summed E-state index contributed by atoms with van der Waals surface area (Å²) < 4.78 is 33.2. The number of rotatable bonds is 7. The lowest BCUT2D eigenvalue weighted by molar-refractivity contribution is 0.0755. The zero-order valence-electron chi connectivity index (χ0n) is 13.6. The van der Waals surface area contributed by atoms with Crippen LogP contribution in [0.4, 0.5) is 8.78 Å². The SMILES string of the molecule is Cc1cc(C(F)(F)Cl)n2nc(C(=O)NCCCOC(C)C)cc2n1. The number of ether oxygens (including phenoxy) is 1. The van der Waals surface area contributed by atoms with Crippen molar-refractivity contribution in [1.82, 2.24) is 19.9 Å². The molecule has 0 unspecified atom stereocenters. The van der Waals surface area contributed by atoms with Gasteiger partial charge in [-0.15, -0.1) is 0 Å². The molecule has 0 saturated carbocycles. The fourth-order valence-corrected chi connectivity index (χ4v) is 2.23. The summed E-state index contributed by atoms with van der Waals surface area (Å²) in [6.07, 6.45) is 0.767. The van der Waals surface area contributed by atoms with E-state index in [-0.39, 0.29) is 17.4 Å². The van der Waals surface area contributed by atoms with E-state index in [0.717, 1.165) is 10.6 Å². The molecule has 0 saturated heterocycles. The van der Waals surface area contributed by atoms with Crippen LogP contribution in [0.3, 0.4) is 0 Å². The molecule has 0 aliphatic rings. The number of nitrogens with one attached hydrogen (secondary N) is 1. The molecular formula is C15H19ClF2N4O2. The van der Waals surface area contributed by atoms with Crippen molar-refractivity contribution in [2.45, 2.75) is 38.7 Å². The van der Waals surface area contributed by atoms with E-state index in [1.807, 2.05) is 13.8 Å². The van der Waals surface area contributed by atoms with Gasteiger partial charge in [0.25, 0.3) is 5.91 Å². The maximum Gasteiger partial charge on any atom is 0.364 e.